The number of pyridine rings is 1. The molecule has 4 heteroatoms. The summed E-state index contributed by atoms with van der Waals surface area (Å²) < 4.78 is 26.9. The van der Waals surface area contributed by atoms with Crippen LogP contribution in [0.15, 0.2) is 18.2 Å². The largest absolute Gasteiger partial charge is 0.385 e. The molecule has 1 aromatic carbocycles. The van der Waals surface area contributed by atoms with E-state index in [0.717, 1.165) is 17.4 Å². The molecule has 1 N–H and O–H groups in total. The summed E-state index contributed by atoms with van der Waals surface area (Å²) in [6.07, 6.45) is 0.713. The molecular formula is C13H14F2N2. The van der Waals surface area contributed by atoms with Crippen molar-refractivity contribution in [2.45, 2.75) is 20.3 Å². The van der Waals surface area contributed by atoms with Crippen molar-refractivity contribution in [2.24, 2.45) is 0 Å². The smallest absolute Gasteiger partial charge is 0.152 e. The lowest BCUT2D eigenvalue weighted by Crippen LogP contribution is -2.01. The molecule has 0 bridgehead atoms. The molecule has 0 aliphatic rings. The van der Waals surface area contributed by atoms with Gasteiger partial charge in [-0.15, -0.1) is 0 Å². The molecule has 0 fully saturated rings. The van der Waals surface area contributed by atoms with Crippen LogP contribution in [0.1, 0.15) is 19.5 Å². The monoisotopic (exact) mass is 236 g/mol. The summed E-state index contributed by atoms with van der Waals surface area (Å²) in [5.41, 5.74) is 1.74. The molecule has 0 spiro atoms. The minimum absolute atomic E-state index is 0.224. The van der Waals surface area contributed by atoms with E-state index < -0.39 is 11.6 Å². The van der Waals surface area contributed by atoms with Gasteiger partial charge in [0.1, 0.15) is 11.3 Å². The van der Waals surface area contributed by atoms with Crippen LogP contribution in [-0.2, 0) is 6.42 Å². The van der Waals surface area contributed by atoms with Crippen LogP contribution in [0, 0.1) is 11.6 Å². The molecule has 0 saturated heterocycles. The quantitative estimate of drug-likeness (QED) is 0.882. The van der Waals surface area contributed by atoms with Gasteiger partial charge in [0.2, 0.25) is 0 Å². The van der Waals surface area contributed by atoms with E-state index in [1.54, 1.807) is 0 Å². The second kappa shape index (κ2) is 4.65. The summed E-state index contributed by atoms with van der Waals surface area (Å²) in [5, 5.41) is 3.59. The van der Waals surface area contributed by atoms with E-state index in [2.05, 4.69) is 10.3 Å². The Morgan fingerprint density at radius 2 is 1.94 bits per heavy atom. The number of hydrogen-bond donors (Lipinski definition) is 1. The summed E-state index contributed by atoms with van der Waals surface area (Å²) >= 11 is 0. The Balaban J connectivity index is 2.76. The molecular weight excluding hydrogens is 222 g/mol. The average molecular weight is 236 g/mol. The van der Waals surface area contributed by atoms with E-state index in [-0.39, 0.29) is 5.52 Å². The molecule has 0 aliphatic carbocycles. The van der Waals surface area contributed by atoms with Crippen LogP contribution >= 0.6 is 0 Å². The van der Waals surface area contributed by atoms with Gasteiger partial charge in [-0.3, -0.25) is 0 Å². The highest BCUT2D eigenvalue weighted by atomic mass is 19.1. The van der Waals surface area contributed by atoms with E-state index in [1.165, 1.54) is 6.07 Å². The van der Waals surface area contributed by atoms with Crippen molar-refractivity contribution in [3.05, 3.63) is 35.5 Å². The number of nitrogens with one attached hydrogen (secondary N) is 1. The number of halogens is 2. The number of rotatable bonds is 3. The third-order valence-corrected chi connectivity index (χ3v) is 2.61. The van der Waals surface area contributed by atoms with Gasteiger partial charge < -0.3 is 5.32 Å². The highest BCUT2D eigenvalue weighted by molar-refractivity contribution is 5.91. The van der Waals surface area contributed by atoms with E-state index in [9.17, 15) is 8.78 Å². The number of hydrogen-bond acceptors (Lipinski definition) is 2. The lowest BCUT2D eigenvalue weighted by atomic mass is 10.1. The number of fused-ring (bicyclic) bond motifs is 1. The zero-order chi connectivity index (χ0) is 12.4. The molecule has 0 aliphatic heterocycles. The van der Waals surface area contributed by atoms with Crippen LogP contribution in [0.3, 0.4) is 0 Å². The molecule has 0 saturated carbocycles. The van der Waals surface area contributed by atoms with Crippen LogP contribution in [0.2, 0.25) is 0 Å². The Morgan fingerprint density at radius 3 is 2.59 bits per heavy atom. The van der Waals surface area contributed by atoms with Gasteiger partial charge >= 0.3 is 0 Å². The first kappa shape index (κ1) is 11.8. The molecule has 1 aromatic heterocycles. The Morgan fingerprint density at radius 1 is 1.18 bits per heavy atom. The van der Waals surface area contributed by atoms with Crippen LogP contribution in [0.25, 0.3) is 10.9 Å². The van der Waals surface area contributed by atoms with Crippen LogP contribution in [-0.4, -0.2) is 11.5 Å². The first-order valence-corrected chi connectivity index (χ1v) is 5.68. The van der Waals surface area contributed by atoms with Crippen LogP contribution in [0.4, 0.5) is 14.5 Å². The third kappa shape index (κ3) is 2.20. The fraction of sp³-hybridized carbons (Fsp3) is 0.308. The van der Waals surface area contributed by atoms with Crippen molar-refractivity contribution < 1.29 is 8.78 Å². The Kier molecular flexibility index (Phi) is 3.22. The Hall–Kier alpha value is -1.71. The third-order valence-electron chi connectivity index (χ3n) is 2.61. The molecule has 1 heterocycles. The van der Waals surface area contributed by atoms with Crippen LogP contribution in [0.5, 0.6) is 0 Å². The summed E-state index contributed by atoms with van der Waals surface area (Å²) in [4.78, 5) is 4.20. The van der Waals surface area contributed by atoms with Crippen molar-refractivity contribution in [3.8, 4) is 0 Å². The maximum absolute atomic E-state index is 13.7. The summed E-state index contributed by atoms with van der Waals surface area (Å²) in [7, 11) is 0. The minimum atomic E-state index is -0.616. The summed E-state index contributed by atoms with van der Waals surface area (Å²) in [6, 6.07) is 4.01. The highest BCUT2D eigenvalue weighted by Crippen LogP contribution is 2.26. The summed E-state index contributed by atoms with van der Waals surface area (Å²) in [5.74, 6) is -1.20. The average Bonchev–Trinajstić information content (AvgIpc) is 2.30. The second-order valence-electron chi connectivity index (χ2n) is 3.83. The Bertz CT molecular complexity index is 553. The van der Waals surface area contributed by atoms with Gasteiger partial charge in [0, 0.05) is 29.4 Å². The van der Waals surface area contributed by atoms with Crippen molar-refractivity contribution in [1.82, 2.24) is 4.98 Å². The molecule has 90 valence electrons. The SMILES string of the molecule is CCNc1cc(CC)nc2c(F)cc(F)cc12. The standard InChI is InChI=1S/C13H14F2N2/c1-3-9-7-12(16-4-2)10-5-8(14)6-11(15)13(10)17-9/h5-7H,3-4H2,1-2H3,(H,16,17). The van der Waals surface area contributed by atoms with Gasteiger partial charge in [0.25, 0.3) is 0 Å². The lowest BCUT2D eigenvalue weighted by molar-refractivity contribution is 0.590. The van der Waals surface area contributed by atoms with Gasteiger partial charge in [-0.05, 0) is 25.5 Å². The number of nitrogens with zero attached hydrogens (tertiary/aromatic N) is 1. The zero-order valence-electron chi connectivity index (χ0n) is 9.85. The topological polar surface area (TPSA) is 24.9 Å². The number of aryl methyl sites for hydroxylation is 1. The fourth-order valence-corrected chi connectivity index (χ4v) is 1.82. The lowest BCUT2D eigenvalue weighted by Gasteiger charge is -2.10. The molecule has 2 aromatic rings. The first-order valence-electron chi connectivity index (χ1n) is 5.68. The van der Waals surface area contributed by atoms with Gasteiger partial charge in [-0.25, -0.2) is 13.8 Å². The number of benzene rings is 1. The molecule has 2 rings (SSSR count). The van der Waals surface area contributed by atoms with E-state index in [1.807, 2.05) is 19.9 Å². The molecule has 0 atom stereocenters. The van der Waals surface area contributed by atoms with E-state index in [4.69, 9.17) is 0 Å². The van der Waals surface area contributed by atoms with Gasteiger partial charge in [-0.2, -0.15) is 0 Å². The first-order chi connectivity index (χ1) is 8.15. The summed E-state index contributed by atoms with van der Waals surface area (Å²) in [6.45, 7) is 4.58. The Labute approximate surface area is 98.7 Å². The van der Waals surface area contributed by atoms with E-state index in [0.29, 0.717) is 18.4 Å². The maximum atomic E-state index is 13.7. The molecule has 2 nitrogen and oxygen atoms in total. The fourth-order valence-electron chi connectivity index (χ4n) is 1.82. The predicted molar refractivity (Wildman–Crippen MR) is 65.2 cm³/mol. The van der Waals surface area contributed by atoms with Crippen molar-refractivity contribution in [1.29, 1.82) is 0 Å². The van der Waals surface area contributed by atoms with Gasteiger partial charge in [0.15, 0.2) is 5.82 Å². The predicted octanol–water partition coefficient (Wildman–Crippen LogP) is 3.51. The zero-order valence-corrected chi connectivity index (χ0v) is 9.85. The highest BCUT2D eigenvalue weighted by Gasteiger charge is 2.10. The van der Waals surface area contributed by atoms with E-state index >= 15 is 0 Å². The maximum Gasteiger partial charge on any atom is 0.152 e. The minimum Gasteiger partial charge on any atom is -0.385 e. The normalized spacial score (nSPS) is 10.8. The van der Waals surface area contributed by atoms with Crippen molar-refractivity contribution in [3.63, 3.8) is 0 Å². The molecule has 0 unspecified atom stereocenters. The molecule has 0 radical (unpaired) electrons. The van der Waals surface area contributed by atoms with Gasteiger partial charge in [0.05, 0.1) is 0 Å². The molecule has 0 amide bonds. The number of aromatic nitrogens is 1. The van der Waals surface area contributed by atoms with Crippen molar-refractivity contribution in [2.75, 3.05) is 11.9 Å². The van der Waals surface area contributed by atoms with Crippen LogP contribution < -0.4 is 5.32 Å². The second-order valence-corrected chi connectivity index (χ2v) is 3.83. The van der Waals surface area contributed by atoms with Crippen molar-refractivity contribution >= 4 is 16.6 Å². The molecule has 17 heavy (non-hydrogen) atoms. The number of anilines is 1. The van der Waals surface area contributed by atoms with Gasteiger partial charge in [-0.1, -0.05) is 6.92 Å².